The highest BCUT2D eigenvalue weighted by Gasteiger charge is 2.78. The normalized spacial score (nSPS) is 37.1. The van der Waals surface area contributed by atoms with E-state index in [9.17, 15) is 9.59 Å². The van der Waals surface area contributed by atoms with Gasteiger partial charge >= 0.3 is 11.9 Å². The number of carboxylic acid groups (broad SMARTS) is 2. The molecule has 0 spiro atoms. The quantitative estimate of drug-likeness (QED) is 0.626. The van der Waals surface area contributed by atoms with Gasteiger partial charge in [0.05, 0.1) is 0 Å². The molecule has 0 radical (unpaired) electrons. The van der Waals surface area contributed by atoms with Gasteiger partial charge in [-0.2, -0.15) is 0 Å². The summed E-state index contributed by atoms with van der Waals surface area (Å²) >= 11 is 0. The van der Waals surface area contributed by atoms with Crippen LogP contribution in [-0.4, -0.2) is 33.4 Å². The first-order chi connectivity index (χ1) is 5.97. The lowest BCUT2D eigenvalue weighted by atomic mass is 9.88. The average Bonchev–Trinajstić information content (AvgIpc) is 2.75. The minimum Gasteiger partial charge on any atom is -0.479 e. The van der Waals surface area contributed by atoms with Gasteiger partial charge in [-0.25, -0.2) is 9.59 Å². The Labute approximate surface area is 75.3 Å². The van der Waals surface area contributed by atoms with Crippen LogP contribution in [0.1, 0.15) is 26.7 Å². The summed E-state index contributed by atoms with van der Waals surface area (Å²) in [6, 6.07) is 0. The second kappa shape index (κ2) is 2.70. The van der Waals surface area contributed by atoms with Crippen molar-refractivity contribution in [1.82, 2.24) is 0 Å². The molecule has 0 aromatic carbocycles. The maximum absolute atomic E-state index is 10.8. The van der Waals surface area contributed by atoms with Gasteiger partial charge in [-0.1, -0.05) is 13.8 Å². The van der Waals surface area contributed by atoms with Crippen molar-refractivity contribution in [2.24, 2.45) is 0 Å². The highest BCUT2D eigenvalue weighted by Crippen LogP contribution is 2.53. The van der Waals surface area contributed by atoms with Crippen molar-refractivity contribution in [3.63, 3.8) is 0 Å². The lowest BCUT2D eigenvalue weighted by Gasteiger charge is -2.08. The third-order valence-corrected chi connectivity index (χ3v) is 2.65. The van der Waals surface area contributed by atoms with E-state index in [1.807, 2.05) is 0 Å². The summed E-state index contributed by atoms with van der Waals surface area (Å²) in [5.41, 5.74) is -3.01. The molecule has 1 fully saturated rings. The molecule has 1 saturated heterocycles. The highest BCUT2D eigenvalue weighted by molar-refractivity contribution is 5.96. The summed E-state index contributed by atoms with van der Waals surface area (Å²) in [6.07, 6.45) is 0.338. The van der Waals surface area contributed by atoms with Crippen molar-refractivity contribution in [2.75, 3.05) is 0 Å². The lowest BCUT2D eigenvalue weighted by molar-refractivity contribution is -0.146. The summed E-state index contributed by atoms with van der Waals surface area (Å²) in [6.45, 7) is 3.21. The van der Waals surface area contributed by atoms with Crippen LogP contribution in [0.5, 0.6) is 0 Å². The molecule has 74 valence electrons. The minimum atomic E-state index is -1.51. The Hall–Kier alpha value is -1.10. The molecule has 1 heterocycles. The van der Waals surface area contributed by atoms with E-state index in [4.69, 9.17) is 14.9 Å². The molecule has 13 heavy (non-hydrogen) atoms. The molecule has 0 unspecified atom stereocenters. The molecule has 1 rings (SSSR count). The molecule has 0 saturated carbocycles. The molecule has 0 aromatic heterocycles. The van der Waals surface area contributed by atoms with E-state index in [1.165, 1.54) is 0 Å². The topological polar surface area (TPSA) is 87.1 Å². The van der Waals surface area contributed by atoms with Crippen molar-refractivity contribution in [3.05, 3.63) is 0 Å². The summed E-state index contributed by atoms with van der Waals surface area (Å²) < 4.78 is 4.91. The maximum Gasteiger partial charge on any atom is 0.339 e. The number of carbonyl (C=O) groups is 2. The van der Waals surface area contributed by atoms with Gasteiger partial charge < -0.3 is 14.9 Å². The van der Waals surface area contributed by atoms with Crippen LogP contribution in [0.25, 0.3) is 0 Å². The van der Waals surface area contributed by atoms with Gasteiger partial charge in [0.25, 0.3) is 0 Å². The Morgan fingerprint density at radius 3 is 1.46 bits per heavy atom. The summed E-state index contributed by atoms with van der Waals surface area (Å²) in [5.74, 6) is -2.39. The molecule has 5 heteroatoms. The molecule has 1 aliphatic heterocycles. The van der Waals surface area contributed by atoms with Crippen molar-refractivity contribution in [1.29, 1.82) is 0 Å². The first kappa shape index (κ1) is 9.98. The smallest absolute Gasteiger partial charge is 0.339 e. The minimum absolute atomic E-state index is 0.169. The number of carboxylic acids is 2. The standard InChI is InChI=1S/C8H12O5/c1-3-7(5(9)10)8(4-2,13-7)6(11)12/h3-4H2,1-2H3,(H,9,10)(H,11,12)/t7-,8-/m0/s1. The Morgan fingerprint density at radius 1 is 1.08 bits per heavy atom. The fourth-order valence-electron chi connectivity index (χ4n) is 1.72. The monoisotopic (exact) mass is 188 g/mol. The van der Waals surface area contributed by atoms with E-state index in [0.29, 0.717) is 0 Å². The number of epoxide rings is 1. The molecular formula is C8H12O5. The third-order valence-electron chi connectivity index (χ3n) is 2.65. The number of hydrogen-bond donors (Lipinski definition) is 2. The van der Waals surface area contributed by atoms with Crippen LogP contribution in [0.4, 0.5) is 0 Å². The Kier molecular flexibility index (Phi) is 2.07. The van der Waals surface area contributed by atoms with E-state index in [2.05, 4.69) is 0 Å². The zero-order chi connectivity index (χ0) is 10.3. The van der Waals surface area contributed by atoms with Crippen LogP contribution in [0.2, 0.25) is 0 Å². The fraction of sp³-hybridized carbons (Fsp3) is 0.750. The van der Waals surface area contributed by atoms with Crippen molar-refractivity contribution in [2.45, 2.75) is 37.9 Å². The second-order valence-corrected chi connectivity index (χ2v) is 3.07. The average molecular weight is 188 g/mol. The van der Waals surface area contributed by atoms with E-state index in [-0.39, 0.29) is 12.8 Å². The molecule has 2 N–H and O–H groups in total. The predicted molar refractivity (Wildman–Crippen MR) is 42.4 cm³/mol. The first-order valence-corrected chi connectivity index (χ1v) is 4.14. The van der Waals surface area contributed by atoms with E-state index in [1.54, 1.807) is 13.8 Å². The summed E-state index contributed by atoms with van der Waals surface area (Å²) in [4.78, 5) is 21.6. The molecule has 0 aromatic rings. The van der Waals surface area contributed by atoms with E-state index < -0.39 is 23.1 Å². The Bertz CT molecular complexity index is 235. The molecular weight excluding hydrogens is 176 g/mol. The van der Waals surface area contributed by atoms with Gasteiger partial charge in [-0.15, -0.1) is 0 Å². The van der Waals surface area contributed by atoms with Crippen LogP contribution in [0.15, 0.2) is 0 Å². The fourth-order valence-corrected chi connectivity index (χ4v) is 1.72. The van der Waals surface area contributed by atoms with Gasteiger partial charge in [0, 0.05) is 0 Å². The van der Waals surface area contributed by atoms with Crippen molar-refractivity contribution in [3.8, 4) is 0 Å². The van der Waals surface area contributed by atoms with Crippen molar-refractivity contribution >= 4 is 11.9 Å². The van der Waals surface area contributed by atoms with Gasteiger partial charge in [-0.05, 0) is 12.8 Å². The lowest BCUT2D eigenvalue weighted by Crippen LogP contribution is -2.38. The number of hydrogen-bond acceptors (Lipinski definition) is 3. The number of aliphatic carboxylic acids is 2. The second-order valence-electron chi connectivity index (χ2n) is 3.07. The summed E-state index contributed by atoms with van der Waals surface area (Å²) in [7, 11) is 0. The maximum atomic E-state index is 10.8. The Morgan fingerprint density at radius 2 is 1.38 bits per heavy atom. The van der Waals surface area contributed by atoms with E-state index >= 15 is 0 Å². The van der Waals surface area contributed by atoms with Crippen LogP contribution in [0, 0.1) is 0 Å². The van der Waals surface area contributed by atoms with Crippen LogP contribution < -0.4 is 0 Å². The van der Waals surface area contributed by atoms with Crippen LogP contribution in [0.3, 0.4) is 0 Å². The third kappa shape index (κ3) is 0.966. The summed E-state index contributed by atoms with van der Waals surface area (Å²) in [5, 5.41) is 17.7. The predicted octanol–water partition coefficient (Wildman–Crippen LogP) is 0.483. The molecule has 0 amide bonds. The molecule has 2 atom stereocenters. The molecule has 0 bridgehead atoms. The van der Waals surface area contributed by atoms with Gasteiger partial charge in [0.2, 0.25) is 11.2 Å². The highest BCUT2D eigenvalue weighted by atomic mass is 16.7. The van der Waals surface area contributed by atoms with E-state index in [0.717, 1.165) is 0 Å². The van der Waals surface area contributed by atoms with Gasteiger partial charge in [-0.3, -0.25) is 0 Å². The Balaban J connectivity index is 2.99. The zero-order valence-corrected chi connectivity index (χ0v) is 7.53. The first-order valence-electron chi connectivity index (χ1n) is 4.14. The number of ether oxygens (including phenoxy) is 1. The SMILES string of the molecule is CC[C@@]1(C(=O)O)O[C@@]1(CC)C(=O)O. The molecule has 0 aliphatic carbocycles. The molecule has 1 aliphatic rings. The van der Waals surface area contributed by atoms with Crippen molar-refractivity contribution < 1.29 is 24.5 Å². The van der Waals surface area contributed by atoms with Crippen LogP contribution in [-0.2, 0) is 14.3 Å². The van der Waals surface area contributed by atoms with Crippen LogP contribution >= 0.6 is 0 Å². The largest absolute Gasteiger partial charge is 0.479 e. The van der Waals surface area contributed by atoms with Gasteiger partial charge in [0.1, 0.15) is 0 Å². The number of rotatable bonds is 4. The molecule has 5 nitrogen and oxygen atoms in total. The van der Waals surface area contributed by atoms with Gasteiger partial charge in [0.15, 0.2) is 0 Å². The zero-order valence-electron chi connectivity index (χ0n) is 7.53.